The Morgan fingerprint density at radius 1 is 1.23 bits per heavy atom. The number of nitro groups is 1. The van der Waals surface area contributed by atoms with Crippen LogP contribution in [0.2, 0.25) is 0 Å². The Hall–Kier alpha value is -3.46. The van der Waals surface area contributed by atoms with Gasteiger partial charge in [-0.05, 0) is 25.3 Å². The fourth-order valence-corrected chi connectivity index (χ4v) is 3.77. The van der Waals surface area contributed by atoms with E-state index < -0.39 is 16.5 Å². The molecule has 0 radical (unpaired) electrons. The van der Waals surface area contributed by atoms with Gasteiger partial charge in [-0.1, -0.05) is 30.3 Å². The molecule has 30 heavy (non-hydrogen) atoms. The first-order valence-electron chi connectivity index (χ1n) is 9.56. The van der Waals surface area contributed by atoms with Crippen molar-refractivity contribution in [1.82, 2.24) is 10.2 Å². The normalized spacial score (nSPS) is 20.5. The molecule has 2 aromatic carbocycles. The van der Waals surface area contributed by atoms with Crippen molar-refractivity contribution in [2.45, 2.75) is 38.5 Å². The Kier molecular flexibility index (Phi) is 5.13. The van der Waals surface area contributed by atoms with Gasteiger partial charge in [-0.2, -0.15) is 0 Å². The number of hydrogen-bond donors (Lipinski definition) is 1. The van der Waals surface area contributed by atoms with E-state index in [4.69, 9.17) is 9.47 Å². The predicted molar refractivity (Wildman–Crippen MR) is 106 cm³/mol. The third kappa shape index (κ3) is 3.71. The van der Waals surface area contributed by atoms with E-state index in [1.54, 1.807) is 6.92 Å². The average molecular weight is 411 g/mol. The fraction of sp³-hybridized carbons (Fsp3) is 0.333. The van der Waals surface area contributed by atoms with Crippen LogP contribution in [-0.4, -0.2) is 34.1 Å². The summed E-state index contributed by atoms with van der Waals surface area (Å²) in [7, 11) is 0. The van der Waals surface area contributed by atoms with Crippen LogP contribution >= 0.6 is 0 Å². The van der Waals surface area contributed by atoms with Crippen molar-refractivity contribution in [1.29, 1.82) is 0 Å². The van der Waals surface area contributed by atoms with Crippen molar-refractivity contribution in [2.24, 2.45) is 0 Å². The Balaban J connectivity index is 1.56. The van der Waals surface area contributed by atoms with Crippen LogP contribution < -0.4 is 10.1 Å². The molecule has 9 nitrogen and oxygen atoms in total. The number of aryl methyl sites for hydroxylation is 1. The maximum atomic E-state index is 13.1. The molecule has 1 fully saturated rings. The third-order valence-electron chi connectivity index (χ3n) is 5.41. The SMILES string of the molecule is C[C@]1(CCc2ccccc2)NC(=O)N(Cc2cc([N+](=O)[O-])cc3c2OCOC3)C1=O. The number of nitrogens with one attached hydrogen (secondary N) is 1. The molecule has 2 aliphatic heterocycles. The van der Waals surface area contributed by atoms with Gasteiger partial charge in [0.05, 0.1) is 18.1 Å². The first-order valence-corrected chi connectivity index (χ1v) is 9.56. The van der Waals surface area contributed by atoms with E-state index in [0.29, 0.717) is 29.7 Å². The second-order valence-corrected chi connectivity index (χ2v) is 7.60. The van der Waals surface area contributed by atoms with Crippen molar-refractivity contribution in [3.63, 3.8) is 0 Å². The summed E-state index contributed by atoms with van der Waals surface area (Å²) >= 11 is 0. The lowest BCUT2D eigenvalue weighted by molar-refractivity contribution is -0.385. The van der Waals surface area contributed by atoms with Crippen LogP contribution in [0.25, 0.3) is 0 Å². The molecule has 9 heteroatoms. The van der Waals surface area contributed by atoms with Crippen LogP contribution in [0.1, 0.15) is 30.0 Å². The molecule has 0 bridgehead atoms. The van der Waals surface area contributed by atoms with Gasteiger partial charge in [0.25, 0.3) is 11.6 Å². The number of ether oxygens (including phenoxy) is 2. The summed E-state index contributed by atoms with van der Waals surface area (Å²) in [4.78, 5) is 37.5. The zero-order valence-electron chi connectivity index (χ0n) is 16.4. The molecular weight excluding hydrogens is 390 g/mol. The second kappa shape index (κ2) is 7.75. The molecule has 1 saturated heterocycles. The number of hydrogen-bond acceptors (Lipinski definition) is 6. The molecule has 0 saturated carbocycles. The maximum absolute atomic E-state index is 13.1. The van der Waals surface area contributed by atoms with Gasteiger partial charge in [-0.3, -0.25) is 19.8 Å². The monoisotopic (exact) mass is 411 g/mol. The second-order valence-electron chi connectivity index (χ2n) is 7.60. The molecular formula is C21H21N3O6. The standard InChI is InChI=1S/C21H21N3O6/c1-21(8-7-14-5-3-2-4-6-14)19(25)23(20(26)22-21)11-15-9-17(24(27)28)10-16-12-29-13-30-18(15)16/h2-6,9-10H,7-8,11-13H2,1H3,(H,22,26)/t21-/m1/s1. The summed E-state index contributed by atoms with van der Waals surface area (Å²) in [5.74, 6) is 0.0566. The van der Waals surface area contributed by atoms with Gasteiger partial charge in [-0.15, -0.1) is 0 Å². The number of imide groups is 1. The van der Waals surface area contributed by atoms with Crippen molar-refractivity contribution in [3.05, 3.63) is 69.3 Å². The number of fused-ring (bicyclic) bond motifs is 1. The first kappa shape index (κ1) is 19.8. The number of carbonyl (C=O) groups excluding carboxylic acids is 2. The third-order valence-corrected chi connectivity index (χ3v) is 5.41. The smallest absolute Gasteiger partial charge is 0.325 e. The van der Waals surface area contributed by atoms with Gasteiger partial charge in [0.2, 0.25) is 0 Å². The maximum Gasteiger partial charge on any atom is 0.325 e. The minimum absolute atomic E-state index is 0.00669. The van der Waals surface area contributed by atoms with Crippen LogP contribution in [0.3, 0.4) is 0 Å². The number of rotatable bonds is 6. The summed E-state index contributed by atoms with van der Waals surface area (Å²) in [5.41, 5.74) is 0.803. The summed E-state index contributed by atoms with van der Waals surface area (Å²) < 4.78 is 10.7. The number of amides is 3. The predicted octanol–water partition coefficient (Wildman–Crippen LogP) is 2.90. The van der Waals surface area contributed by atoms with Crippen LogP contribution in [0.4, 0.5) is 10.5 Å². The van der Waals surface area contributed by atoms with Crippen LogP contribution in [0.15, 0.2) is 42.5 Å². The summed E-state index contributed by atoms with van der Waals surface area (Å²) in [6.07, 6.45) is 1.07. The highest BCUT2D eigenvalue weighted by Gasteiger charge is 2.47. The van der Waals surface area contributed by atoms with Crippen LogP contribution in [0.5, 0.6) is 5.75 Å². The average Bonchev–Trinajstić information content (AvgIpc) is 2.96. The number of urea groups is 1. The highest BCUT2D eigenvalue weighted by molar-refractivity contribution is 6.06. The number of nitrogens with zero attached hydrogens (tertiary/aromatic N) is 2. The molecule has 0 aromatic heterocycles. The van der Waals surface area contributed by atoms with Gasteiger partial charge >= 0.3 is 6.03 Å². The van der Waals surface area contributed by atoms with Crippen molar-refractivity contribution in [2.75, 3.05) is 6.79 Å². The molecule has 4 rings (SSSR count). The lowest BCUT2D eigenvalue weighted by Gasteiger charge is -2.24. The fourth-order valence-electron chi connectivity index (χ4n) is 3.77. The van der Waals surface area contributed by atoms with Gasteiger partial charge < -0.3 is 14.8 Å². The highest BCUT2D eigenvalue weighted by atomic mass is 16.7. The Morgan fingerprint density at radius 2 is 2.00 bits per heavy atom. The van der Waals surface area contributed by atoms with Crippen molar-refractivity contribution >= 4 is 17.6 Å². The number of non-ortho nitro benzene ring substituents is 1. The molecule has 3 amide bonds. The molecule has 156 valence electrons. The summed E-state index contributed by atoms with van der Waals surface area (Å²) in [6, 6.07) is 11.9. The van der Waals surface area contributed by atoms with E-state index in [1.165, 1.54) is 12.1 Å². The number of benzene rings is 2. The molecule has 1 atom stereocenters. The van der Waals surface area contributed by atoms with E-state index >= 15 is 0 Å². The zero-order valence-corrected chi connectivity index (χ0v) is 16.4. The Labute approximate surface area is 172 Å². The van der Waals surface area contributed by atoms with Crippen molar-refractivity contribution in [3.8, 4) is 5.75 Å². The van der Waals surface area contributed by atoms with Gasteiger partial charge in [0, 0.05) is 23.3 Å². The first-order chi connectivity index (χ1) is 14.4. The van der Waals surface area contributed by atoms with Crippen molar-refractivity contribution < 1.29 is 24.0 Å². The summed E-state index contributed by atoms with van der Waals surface area (Å²) in [6.45, 7) is 1.75. The molecule has 0 unspecified atom stereocenters. The largest absolute Gasteiger partial charge is 0.467 e. The summed E-state index contributed by atoms with van der Waals surface area (Å²) in [5, 5.41) is 14.1. The van der Waals surface area contributed by atoms with Gasteiger partial charge in [0.15, 0.2) is 6.79 Å². The molecule has 2 aliphatic rings. The van der Waals surface area contributed by atoms with Crippen LogP contribution in [-0.2, 0) is 29.1 Å². The van der Waals surface area contributed by atoms with E-state index in [-0.39, 0.29) is 31.5 Å². The molecule has 0 aliphatic carbocycles. The lowest BCUT2D eigenvalue weighted by Crippen LogP contribution is -2.44. The Bertz CT molecular complexity index is 1010. The molecule has 1 N–H and O–H groups in total. The number of carbonyl (C=O) groups is 2. The van der Waals surface area contributed by atoms with E-state index in [1.807, 2.05) is 30.3 Å². The van der Waals surface area contributed by atoms with Gasteiger partial charge in [0.1, 0.15) is 11.3 Å². The van der Waals surface area contributed by atoms with Gasteiger partial charge in [-0.25, -0.2) is 4.79 Å². The molecule has 0 spiro atoms. The lowest BCUT2D eigenvalue weighted by atomic mass is 9.93. The zero-order chi connectivity index (χ0) is 21.3. The topological polar surface area (TPSA) is 111 Å². The minimum Gasteiger partial charge on any atom is -0.467 e. The van der Waals surface area contributed by atoms with E-state index in [2.05, 4.69) is 5.32 Å². The molecule has 2 heterocycles. The molecule has 2 aromatic rings. The van der Waals surface area contributed by atoms with Crippen LogP contribution in [0, 0.1) is 10.1 Å². The van der Waals surface area contributed by atoms with E-state index in [0.717, 1.165) is 10.5 Å². The quantitative estimate of drug-likeness (QED) is 0.444. The highest BCUT2D eigenvalue weighted by Crippen LogP contribution is 2.35. The van der Waals surface area contributed by atoms with E-state index in [9.17, 15) is 19.7 Å². The Morgan fingerprint density at radius 3 is 2.73 bits per heavy atom. The minimum atomic E-state index is -1.04. The number of nitro benzene ring substituents is 1.